The van der Waals surface area contributed by atoms with Gasteiger partial charge in [0.15, 0.2) is 0 Å². The van der Waals surface area contributed by atoms with E-state index in [1.165, 1.54) is 6.07 Å². The van der Waals surface area contributed by atoms with Gasteiger partial charge in [0, 0.05) is 12.2 Å². The quantitative estimate of drug-likeness (QED) is 0.903. The number of rotatable bonds is 2. The number of hydrogen-bond donors (Lipinski definition) is 1. The fourth-order valence-electron chi connectivity index (χ4n) is 2.45. The molecule has 1 heterocycles. The van der Waals surface area contributed by atoms with Crippen LogP contribution in [0.1, 0.15) is 11.1 Å². The van der Waals surface area contributed by atoms with Crippen LogP contribution in [0, 0.1) is 5.82 Å². The Balaban J connectivity index is 1.95. The molecule has 5 heteroatoms. The third-order valence-corrected chi connectivity index (χ3v) is 4.11. The molecule has 1 N–H and O–H groups in total. The lowest BCUT2D eigenvalue weighted by Gasteiger charge is -2.23. The molecule has 0 aromatic heterocycles. The number of nitrogens with one attached hydrogen (secondary N) is 1. The number of fused-ring (bicyclic) bond motifs is 1. The minimum Gasteiger partial charge on any atom is -0.307 e. The molecule has 2 aromatic rings. The number of carbonyl (C=O) groups is 1. The van der Waals surface area contributed by atoms with Crippen LogP contribution in [0.15, 0.2) is 46.9 Å². The van der Waals surface area contributed by atoms with Gasteiger partial charge >= 0.3 is 0 Å². The van der Waals surface area contributed by atoms with E-state index in [-0.39, 0.29) is 11.7 Å². The molecule has 0 spiro atoms. The van der Waals surface area contributed by atoms with Crippen molar-refractivity contribution >= 4 is 27.5 Å². The number of nitrogens with zero attached hydrogens (tertiary/aromatic N) is 1. The first-order valence-electron chi connectivity index (χ1n) is 6.68. The molecule has 0 atom stereocenters. The lowest BCUT2D eigenvalue weighted by molar-refractivity contribution is -0.117. The van der Waals surface area contributed by atoms with E-state index >= 15 is 0 Å². The van der Waals surface area contributed by atoms with Gasteiger partial charge in [-0.2, -0.15) is 0 Å². The number of halogens is 2. The SMILES string of the molecule is O=C1CNCc2ccccc2N1Cc1ccc(F)c(Br)c1. The van der Waals surface area contributed by atoms with Crippen LogP contribution in [-0.4, -0.2) is 12.5 Å². The van der Waals surface area contributed by atoms with E-state index in [1.807, 2.05) is 24.3 Å². The number of anilines is 1. The van der Waals surface area contributed by atoms with E-state index < -0.39 is 0 Å². The Morgan fingerprint density at radius 3 is 2.81 bits per heavy atom. The fourth-order valence-corrected chi connectivity index (χ4v) is 2.88. The Hall–Kier alpha value is -1.72. The van der Waals surface area contributed by atoms with E-state index in [4.69, 9.17) is 0 Å². The second-order valence-electron chi connectivity index (χ2n) is 4.96. The van der Waals surface area contributed by atoms with Gasteiger partial charge < -0.3 is 10.2 Å². The zero-order valence-corrected chi connectivity index (χ0v) is 12.9. The van der Waals surface area contributed by atoms with Crippen molar-refractivity contribution < 1.29 is 9.18 Å². The number of benzene rings is 2. The highest BCUT2D eigenvalue weighted by Crippen LogP contribution is 2.25. The monoisotopic (exact) mass is 348 g/mol. The standard InChI is InChI=1S/C16H14BrFN2O/c17-13-7-11(5-6-14(13)18)10-20-15-4-2-1-3-12(15)8-19-9-16(20)21/h1-7,19H,8-10H2. The van der Waals surface area contributed by atoms with Gasteiger partial charge in [0.1, 0.15) is 5.82 Å². The van der Waals surface area contributed by atoms with Crippen LogP contribution in [0.5, 0.6) is 0 Å². The number of amides is 1. The van der Waals surface area contributed by atoms with E-state index in [0.717, 1.165) is 16.8 Å². The molecule has 0 saturated heterocycles. The molecular weight excluding hydrogens is 335 g/mol. The summed E-state index contributed by atoms with van der Waals surface area (Å²) >= 11 is 3.18. The average molecular weight is 349 g/mol. The zero-order valence-electron chi connectivity index (χ0n) is 11.3. The Morgan fingerprint density at radius 1 is 1.19 bits per heavy atom. The molecule has 0 aliphatic carbocycles. The Bertz CT molecular complexity index is 690. The predicted octanol–water partition coefficient (Wildman–Crippen LogP) is 3.22. The third-order valence-electron chi connectivity index (χ3n) is 3.50. The Morgan fingerprint density at radius 2 is 2.00 bits per heavy atom. The molecule has 3 nitrogen and oxygen atoms in total. The normalized spacial score (nSPS) is 14.8. The van der Waals surface area contributed by atoms with E-state index in [0.29, 0.717) is 24.1 Å². The highest BCUT2D eigenvalue weighted by Gasteiger charge is 2.21. The van der Waals surface area contributed by atoms with Crippen molar-refractivity contribution in [2.24, 2.45) is 0 Å². The van der Waals surface area contributed by atoms with E-state index in [2.05, 4.69) is 21.2 Å². The van der Waals surface area contributed by atoms with Crippen molar-refractivity contribution in [2.75, 3.05) is 11.4 Å². The van der Waals surface area contributed by atoms with Crippen molar-refractivity contribution in [1.82, 2.24) is 5.32 Å². The van der Waals surface area contributed by atoms with Crippen molar-refractivity contribution in [3.05, 3.63) is 63.9 Å². The maximum Gasteiger partial charge on any atom is 0.241 e. The highest BCUT2D eigenvalue weighted by atomic mass is 79.9. The zero-order chi connectivity index (χ0) is 14.8. The maximum atomic E-state index is 13.3. The van der Waals surface area contributed by atoms with Gasteiger partial charge in [0.2, 0.25) is 5.91 Å². The molecule has 1 aliphatic heterocycles. The molecule has 0 radical (unpaired) electrons. The third kappa shape index (κ3) is 2.99. The van der Waals surface area contributed by atoms with Gasteiger partial charge in [-0.3, -0.25) is 4.79 Å². The summed E-state index contributed by atoms with van der Waals surface area (Å²) in [6, 6.07) is 12.7. The number of carbonyl (C=O) groups excluding carboxylic acids is 1. The Kier molecular flexibility index (Phi) is 4.03. The van der Waals surface area contributed by atoms with Crippen LogP contribution in [-0.2, 0) is 17.9 Å². The molecule has 108 valence electrons. The molecule has 21 heavy (non-hydrogen) atoms. The summed E-state index contributed by atoms with van der Waals surface area (Å²) in [6.45, 7) is 1.40. The first kappa shape index (κ1) is 14.2. The fraction of sp³-hybridized carbons (Fsp3) is 0.188. The Labute approximate surface area is 130 Å². The predicted molar refractivity (Wildman–Crippen MR) is 83.4 cm³/mol. The molecule has 1 amide bonds. The summed E-state index contributed by atoms with van der Waals surface area (Å²) in [7, 11) is 0. The van der Waals surface area contributed by atoms with Crippen LogP contribution in [0.2, 0.25) is 0 Å². The van der Waals surface area contributed by atoms with Gasteiger partial charge in [0.05, 0.1) is 17.6 Å². The molecule has 0 unspecified atom stereocenters. The van der Waals surface area contributed by atoms with Gasteiger partial charge in [-0.25, -0.2) is 4.39 Å². The highest BCUT2D eigenvalue weighted by molar-refractivity contribution is 9.10. The largest absolute Gasteiger partial charge is 0.307 e. The topological polar surface area (TPSA) is 32.3 Å². The van der Waals surface area contributed by atoms with Crippen LogP contribution in [0.25, 0.3) is 0 Å². The van der Waals surface area contributed by atoms with Crippen LogP contribution >= 0.6 is 15.9 Å². The molecule has 3 rings (SSSR count). The van der Waals surface area contributed by atoms with Gasteiger partial charge in [-0.15, -0.1) is 0 Å². The lowest BCUT2D eigenvalue weighted by Crippen LogP contribution is -2.35. The lowest BCUT2D eigenvalue weighted by atomic mass is 10.1. The average Bonchev–Trinajstić information content (AvgIpc) is 2.63. The van der Waals surface area contributed by atoms with Crippen molar-refractivity contribution in [3.63, 3.8) is 0 Å². The summed E-state index contributed by atoms with van der Waals surface area (Å²) < 4.78 is 13.7. The van der Waals surface area contributed by atoms with Gasteiger partial charge in [0.25, 0.3) is 0 Å². The molecule has 0 saturated carbocycles. The van der Waals surface area contributed by atoms with Crippen LogP contribution in [0.3, 0.4) is 0 Å². The van der Waals surface area contributed by atoms with Gasteiger partial charge in [-0.1, -0.05) is 24.3 Å². The molecule has 2 aromatic carbocycles. The number of para-hydroxylation sites is 1. The van der Waals surface area contributed by atoms with Crippen LogP contribution < -0.4 is 10.2 Å². The second-order valence-corrected chi connectivity index (χ2v) is 5.81. The molecule has 0 fully saturated rings. The summed E-state index contributed by atoms with van der Waals surface area (Å²) in [5, 5.41) is 3.13. The first-order valence-corrected chi connectivity index (χ1v) is 7.47. The second kappa shape index (κ2) is 5.95. The number of hydrogen-bond acceptors (Lipinski definition) is 2. The van der Waals surface area contributed by atoms with Crippen molar-refractivity contribution in [3.8, 4) is 0 Å². The van der Waals surface area contributed by atoms with E-state index in [1.54, 1.807) is 17.0 Å². The molecular formula is C16H14BrFN2O. The summed E-state index contributed by atoms with van der Waals surface area (Å²) in [5.41, 5.74) is 2.88. The van der Waals surface area contributed by atoms with Crippen LogP contribution in [0.4, 0.5) is 10.1 Å². The van der Waals surface area contributed by atoms with E-state index in [9.17, 15) is 9.18 Å². The maximum absolute atomic E-state index is 13.3. The minimum absolute atomic E-state index is 0.0143. The summed E-state index contributed by atoms with van der Waals surface area (Å²) in [6.07, 6.45) is 0. The van der Waals surface area contributed by atoms with Gasteiger partial charge in [-0.05, 0) is 45.3 Å². The van der Waals surface area contributed by atoms with Crippen molar-refractivity contribution in [2.45, 2.75) is 13.1 Å². The van der Waals surface area contributed by atoms with Crippen molar-refractivity contribution in [1.29, 1.82) is 0 Å². The smallest absolute Gasteiger partial charge is 0.241 e. The first-order chi connectivity index (χ1) is 10.1. The minimum atomic E-state index is -0.303. The molecule has 1 aliphatic rings. The molecule has 0 bridgehead atoms. The summed E-state index contributed by atoms with van der Waals surface area (Å²) in [5.74, 6) is -0.289. The summed E-state index contributed by atoms with van der Waals surface area (Å²) in [4.78, 5) is 14.1.